The predicted octanol–water partition coefficient (Wildman–Crippen LogP) is 2.61. The Balaban J connectivity index is 2.87. The van der Waals surface area contributed by atoms with Gasteiger partial charge in [-0.15, -0.1) is 24.9 Å². The molecule has 2 nitrogen and oxygen atoms in total. The van der Waals surface area contributed by atoms with Crippen molar-refractivity contribution in [2.45, 2.75) is 11.2 Å². The Morgan fingerprint density at radius 2 is 1.71 bits per heavy atom. The van der Waals surface area contributed by atoms with Gasteiger partial charge in [0, 0.05) is 4.90 Å². The number of hydrogen-bond donors (Lipinski definition) is 1. The van der Waals surface area contributed by atoms with Gasteiger partial charge in [-0.05, 0) is 30.5 Å². The summed E-state index contributed by atoms with van der Waals surface area (Å²) in [5.41, 5.74) is -0.0738. The van der Waals surface area contributed by atoms with E-state index in [0.717, 1.165) is 4.90 Å². The van der Waals surface area contributed by atoms with E-state index >= 15 is 0 Å². The minimum Gasteiger partial charge on any atom is -0.240 e. The van der Waals surface area contributed by atoms with Crippen molar-refractivity contribution in [1.82, 2.24) is 0 Å². The monoisotopic (exact) mass is 222 g/mol. The number of anilines is 1. The summed E-state index contributed by atoms with van der Waals surface area (Å²) < 4.78 is 36.3. The number of rotatable bonds is 2. The van der Waals surface area contributed by atoms with Crippen molar-refractivity contribution < 1.29 is 13.2 Å². The number of benzene rings is 1. The van der Waals surface area contributed by atoms with Crippen molar-refractivity contribution in [3.63, 3.8) is 0 Å². The van der Waals surface area contributed by atoms with Crippen molar-refractivity contribution >= 4 is 17.4 Å². The fourth-order valence-electron chi connectivity index (χ4n) is 0.889. The van der Waals surface area contributed by atoms with E-state index in [0.29, 0.717) is 0 Å². The highest BCUT2D eigenvalue weighted by Gasteiger charge is 2.35. The molecular weight excluding hydrogens is 213 g/mol. The fraction of sp³-hybridized carbons (Fsp3) is 0.250. The van der Waals surface area contributed by atoms with Crippen LogP contribution in [0, 0.1) is 0 Å². The van der Waals surface area contributed by atoms with Crippen LogP contribution < -0.4 is 10.9 Å². The highest BCUT2D eigenvalue weighted by atomic mass is 32.2. The number of hydrazine groups is 1. The molecule has 0 unspecified atom stereocenters. The zero-order chi connectivity index (χ0) is 10.8. The summed E-state index contributed by atoms with van der Waals surface area (Å²) in [4.78, 5) is 0.893. The lowest BCUT2D eigenvalue weighted by Gasteiger charge is -2.21. The van der Waals surface area contributed by atoms with E-state index in [4.69, 9.17) is 5.84 Å². The van der Waals surface area contributed by atoms with Gasteiger partial charge >= 0.3 is 6.30 Å². The fourth-order valence-corrected chi connectivity index (χ4v) is 1.30. The average Bonchev–Trinajstić information content (AvgIpc) is 2.15. The molecule has 1 aromatic carbocycles. The lowest BCUT2D eigenvalue weighted by molar-refractivity contribution is -0.129. The van der Waals surface area contributed by atoms with Gasteiger partial charge in [0.1, 0.15) is 0 Å². The highest BCUT2D eigenvalue weighted by molar-refractivity contribution is 7.98. The standard InChI is InChI=1S/C8H9F3N2S/c1-14-7-4-2-6(3-5-7)13(12)8(9,10)11/h2-5H,12H2,1H3. The Morgan fingerprint density at radius 3 is 2.07 bits per heavy atom. The van der Waals surface area contributed by atoms with Gasteiger partial charge in [-0.3, -0.25) is 0 Å². The minimum absolute atomic E-state index is 0.0738. The number of thioether (sulfide) groups is 1. The molecule has 0 radical (unpaired) electrons. The first kappa shape index (κ1) is 11.2. The van der Waals surface area contributed by atoms with Gasteiger partial charge in [0.05, 0.1) is 5.69 Å². The van der Waals surface area contributed by atoms with Gasteiger partial charge in [0.15, 0.2) is 0 Å². The van der Waals surface area contributed by atoms with Gasteiger partial charge in [-0.1, -0.05) is 0 Å². The quantitative estimate of drug-likeness (QED) is 0.361. The lowest BCUT2D eigenvalue weighted by atomic mass is 10.3. The van der Waals surface area contributed by atoms with Crippen molar-refractivity contribution in [3.8, 4) is 0 Å². The Bertz CT molecular complexity index is 296. The van der Waals surface area contributed by atoms with Gasteiger partial charge in [-0.2, -0.15) is 0 Å². The zero-order valence-corrected chi connectivity index (χ0v) is 8.19. The number of nitrogens with zero attached hydrogens (tertiary/aromatic N) is 1. The first-order chi connectivity index (χ1) is 6.45. The van der Waals surface area contributed by atoms with Crippen LogP contribution in [0.4, 0.5) is 18.9 Å². The summed E-state index contributed by atoms with van der Waals surface area (Å²) in [6.45, 7) is 0. The largest absolute Gasteiger partial charge is 0.498 e. The molecule has 78 valence electrons. The van der Waals surface area contributed by atoms with Gasteiger partial charge in [0.25, 0.3) is 0 Å². The van der Waals surface area contributed by atoms with Crippen LogP contribution in [0.3, 0.4) is 0 Å². The van der Waals surface area contributed by atoms with Gasteiger partial charge in [-0.25, -0.2) is 10.9 Å². The number of nitrogens with two attached hydrogens (primary N) is 1. The molecule has 0 aliphatic heterocycles. The van der Waals surface area contributed by atoms with Crippen LogP contribution >= 0.6 is 11.8 Å². The number of alkyl halides is 3. The molecule has 0 aliphatic carbocycles. The zero-order valence-electron chi connectivity index (χ0n) is 7.38. The molecule has 1 rings (SSSR count). The highest BCUT2D eigenvalue weighted by Crippen LogP contribution is 2.26. The molecule has 0 heterocycles. The molecule has 2 N–H and O–H groups in total. The van der Waals surface area contributed by atoms with Gasteiger partial charge < -0.3 is 0 Å². The molecule has 0 aliphatic rings. The summed E-state index contributed by atoms with van der Waals surface area (Å²) in [5.74, 6) is 4.87. The molecule has 0 aromatic heterocycles. The lowest BCUT2D eigenvalue weighted by Crippen LogP contribution is -2.43. The van der Waals surface area contributed by atoms with Crippen molar-refractivity contribution in [2.24, 2.45) is 5.84 Å². The third kappa shape index (κ3) is 2.55. The topological polar surface area (TPSA) is 29.3 Å². The molecule has 1 aromatic rings. The van der Waals surface area contributed by atoms with E-state index in [1.807, 2.05) is 6.26 Å². The van der Waals surface area contributed by atoms with Crippen molar-refractivity contribution in [1.29, 1.82) is 0 Å². The summed E-state index contributed by atoms with van der Waals surface area (Å²) in [6, 6.07) is 5.84. The molecule has 0 fully saturated rings. The van der Waals surface area contributed by atoms with E-state index in [9.17, 15) is 13.2 Å². The van der Waals surface area contributed by atoms with Crippen molar-refractivity contribution in [3.05, 3.63) is 24.3 Å². The first-order valence-electron chi connectivity index (χ1n) is 3.71. The maximum Gasteiger partial charge on any atom is 0.498 e. The summed E-state index contributed by atoms with van der Waals surface area (Å²) in [7, 11) is 0. The Morgan fingerprint density at radius 1 is 1.21 bits per heavy atom. The Labute approximate surface area is 83.9 Å². The van der Waals surface area contributed by atoms with E-state index in [1.54, 1.807) is 12.1 Å². The smallest absolute Gasteiger partial charge is 0.240 e. The SMILES string of the molecule is CSc1ccc(N(N)C(F)(F)F)cc1. The first-order valence-corrected chi connectivity index (χ1v) is 4.93. The van der Waals surface area contributed by atoms with Gasteiger partial charge in [0.2, 0.25) is 0 Å². The molecule has 6 heteroatoms. The molecule has 0 bridgehead atoms. The van der Waals surface area contributed by atoms with Crippen LogP contribution in [0.5, 0.6) is 0 Å². The molecule has 0 amide bonds. The van der Waals surface area contributed by atoms with Crippen LogP contribution in [0.15, 0.2) is 29.2 Å². The third-order valence-electron chi connectivity index (χ3n) is 1.62. The van der Waals surface area contributed by atoms with Crippen LogP contribution in [0.25, 0.3) is 0 Å². The van der Waals surface area contributed by atoms with E-state index in [-0.39, 0.29) is 10.7 Å². The molecule has 14 heavy (non-hydrogen) atoms. The molecule has 0 saturated carbocycles. The van der Waals surface area contributed by atoms with Crippen molar-refractivity contribution in [2.75, 3.05) is 11.3 Å². The third-order valence-corrected chi connectivity index (χ3v) is 2.37. The Kier molecular flexibility index (Phi) is 3.28. The average molecular weight is 222 g/mol. The molecule has 0 saturated heterocycles. The second-order valence-corrected chi connectivity index (χ2v) is 3.42. The van der Waals surface area contributed by atoms with E-state index < -0.39 is 6.30 Å². The predicted molar refractivity (Wildman–Crippen MR) is 50.9 cm³/mol. The molecule has 0 spiro atoms. The van der Waals surface area contributed by atoms with Crippen LogP contribution in [0.1, 0.15) is 0 Å². The molecular formula is C8H9F3N2S. The number of halogens is 3. The Hall–Kier alpha value is -0.880. The van der Waals surface area contributed by atoms with Crippen LogP contribution in [-0.4, -0.2) is 12.6 Å². The summed E-state index contributed by atoms with van der Waals surface area (Å²) in [5, 5.41) is -0.211. The minimum atomic E-state index is -4.54. The van der Waals surface area contributed by atoms with E-state index in [1.165, 1.54) is 23.9 Å². The van der Waals surface area contributed by atoms with Crippen LogP contribution in [0.2, 0.25) is 0 Å². The normalized spacial score (nSPS) is 11.5. The summed E-state index contributed by atoms with van der Waals surface area (Å²) >= 11 is 1.46. The van der Waals surface area contributed by atoms with E-state index in [2.05, 4.69) is 0 Å². The maximum absolute atomic E-state index is 12.1. The summed E-state index contributed by atoms with van der Waals surface area (Å²) in [6.07, 6.45) is -2.69. The number of hydrogen-bond acceptors (Lipinski definition) is 3. The second-order valence-electron chi connectivity index (χ2n) is 2.54. The van der Waals surface area contributed by atoms with Crippen LogP contribution in [-0.2, 0) is 0 Å². The maximum atomic E-state index is 12.1. The molecule has 0 atom stereocenters. The second kappa shape index (κ2) is 4.10.